The van der Waals surface area contributed by atoms with E-state index in [0.717, 1.165) is 16.5 Å². The van der Waals surface area contributed by atoms with Gasteiger partial charge in [-0.2, -0.15) is 0 Å². The number of para-hydroxylation sites is 1. The molecule has 0 aliphatic heterocycles. The van der Waals surface area contributed by atoms with Gasteiger partial charge in [0.2, 0.25) is 0 Å². The Labute approximate surface area is 161 Å². The number of ether oxygens (including phenoxy) is 2. The van der Waals surface area contributed by atoms with Crippen LogP contribution in [0.5, 0.6) is 5.75 Å². The molecule has 0 N–H and O–H groups in total. The van der Waals surface area contributed by atoms with Gasteiger partial charge in [-0.05, 0) is 48.2 Å². The molecule has 6 heteroatoms. The summed E-state index contributed by atoms with van der Waals surface area (Å²) >= 11 is 0. The number of hydrogen-bond donors (Lipinski definition) is 0. The number of carbonyl (C=O) groups is 1. The minimum Gasteiger partial charge on any atom is -0.479 e. The Morgan fingerprint density at radius 1 is 1.18 bits per heavy atom. The van der Waals surface area contributed by atoms with E-state index in [-0.39, 0.29) is 12.4 Å². The molecule has 0 spiro atoms. The second-order valence-electron chi connectivity index (χ2n) is 6.83. The molecule has 5 nitrogen and oxygen atoms in total. The van der Waals surface area contributed by atoms with Crippen LogP contribution < -0.4 is 10.4 Å². The van der Waals surface area contributed by atoms with Gasteiger partial charge < -0.3 is 13.9 Å². The van der Waals surface area contributed by atoms with E-state index >= 15 is 0 Å². The normalized spacial score (nSPS) is 11.0. The van der Waals surface area contributed by atoms with Crippen LogP contribution in [0.4, 0.5) is 4.39 Å². The summed E-state index contributed by atoms with van der Waals surface area (Å²) in [5, 5.41) is 0.719. The van der Waals surface area contributed by atoms with Crippen LogP contribution in [0, 0.1) is 12.7 Å². The molecule has 2 aromatic carbocycles. The lowest BCUT2D eigenvalue weighted by atomic mass is 9.95. The van der Waals surface area contributed by atoms with Crippen molar-refractivity contribution in [3.63, 3.8) is 0 Å². The number of benzene rings is 2. The second kappa shape index (κ2) is 8.25. The molecule has 1 aromatic heterocycles. The summed E-state index contributed by atoms with van der Waals surface area (Å²) in [5.41, 5.74) is 2.63. The van der Waals surface area contributed by atoms with E-state index in [2.05, 4.69) is 13.8 Å². The zero-order chi connectivity index (χ0) is 20.3. The van der Waals surface area contributed by atoms with Crippen LogP contribution in [-0.4, -0.2) is 12.6 Å². The third-order valence-electron chi connectivity index (χ3n) is 4.41. The summed E-state index contributed by atoms with van der Waals surface area (Å²) < 4.78 is 29.2. The number of aryl methyl sites for hydroxylation is 1. The van der Waals surface area contributed by atoms with Gasteiger partial charge in [0.25, 0.3) is 0 Å². The molecule has 1 heterocycles. The fourth-order valence-electron chi connectivity index (χ4n) is 3.03. The number of esters is 1. The second-order valence-corrected chi connectivity index (χ2v) is 6.83. The number of carbonyl (C=O) groups excluding carboxylic acids is 1. The van der Waals surface area contributed by atoms with Crippen molar-refractivity contribution in [2.24, 2.45) is 0 Å². The van der Waals surface area contributed by atoms with Gasteiger partial charge in [-0.1, -0.05) is 26.0 Å². The highest BCUT2D eigenvalue weighted by molar-refractivity contribution is 5.82. The predicted octanol–water partition coefficient (Wildman–Crippen LogP) is 4.49. The fraction of sp³-hybridized carbons (Fsp3) is 0.273. The molecular weight excluding hydrogens is 363 g/mol. The zero-order valence-electron chi connectivity index (χ0n) is 16.0. The molecule has 0 aliphatic rings. The van der Waals surface area contributed by atoms with E-state index in [0.29, 0.717) is 17.1 Å². The Bertz CT molecular complexity index is 1070. The molecule has 3 aromatic rings. The minimum atomic E-state index is -0.666. The Morgan fingerprint density at radius 2 is 1.93 bits per heavy atom. The average molecular weight is 384 g/mol. The highest BCUT2D eigenvalue weighted by Gasteiger charge is 2.13. The lowest BCUT2D eigenvalue weighted by molar-refractivity contribution is -0.147. The van der Waals surface area contributed by atoms with Gasteiger partial charge in [0.1, 0.15) is 12.2 Å². The van der Waals surface area contributed by atoms with E-state index in [4.69, 9.17) is 13.9 Å². The minimum absolute atomic E-state index is 0.0256. The lowest BCUT2D eigenvalue weighted by Gasteiger charge is -2.13. The van der Waals surface area contributed by atoms with E-state index in [1.807, 2.05) is 19.1 Å². The largest absolute Gasteiger partial charge is 0.479 e. The zero-order valence-corrected chi connectivity index (χ0v) is 16.0. The maximum Gasteiger partial charge on any atom is 0.344 e. The molecule has 28 heavy (non-hydrogen) atoms. The van der Waals surface area contributed by atoms with Crippen molar-refractivity contribution in [1.29, 1.82) is 0 Å². The van der Waals surface area contributed by atoms with Gasteiger partial charge in [0.05, 0.1) is 0 Å². The Balaban J connectivity index is 1.76. The molecule has 146 valence electrons. The first-order valence-corrected chi connectivity index (χ1v) is 8.95. The predicted molar refractivity (Wildman–Crippen MR) is 103 cm³/mol. The fourth-order valence-corrected chi connectivity index (χ4v) is 3.03. The molecule has 0 radical (unpaired) electrons. The monoisotopic (exact) mass is 384 g/mol. The standard InChI is InChI=1S/C22H21FO5/c1-13(2)16-10-17-15(9-21(24)28-20(17)8-14(16)3)11-27-22(25)12-26-19-7-5-4-6-18(19)23/h4-10,13H,11-12H2,1-3H3. The topological polar surface area (TPSA) is 65.7 Å². The maximum absolute atomic E-state index is 13.5. The Kier molecular flexibility index (Phi) is 5.78. The molecule has 0 fully saturated rings. The van der Waals surface area contributed by atoms with Crippen LogP contribution in [0.1, 0.15) is 36.5 Å². The Hall–Kier alpha value is -3.15. The van der Waals surface area contributed by atoms with Gasteiger partial charge in [0, 0.05) is 17.0 Å². The third kappa shape index (κ3) is 4.39. The van der Waals surface area contributed by atoms with Gasteiger partial charge in [-0.15, -0.1) is 0 Å². The first-order chi connectivity index (χ1) is 13.3. The highest BCUT2D eigenvalue weighted by atomic mass is 19.1. The molecule has 0 unspecified atom stereocenters. The molecule has 0 aliphatic carbocycles. The first-order valence-electron chi connectivity index (χ1n) is 8.95. The van der Waals surface area contributed by atoms with E-state index in [1.165, 1.54) is 24.3 Å². The summed E-state index contributed by atoms with van der Waals surface area (Å²) in [6.07, 6.45) is 0. The van der Waals surface area contributed by atoms with E-state index in [9.17, 15) is 14.0 Å². The molecule has 3 rings (SSSR count). The maximum atomic E-state index is 13.5. The van der Waals surface area contributed by atoms with Crippen LogP contribution >= 0.6 is 0 Å². The number of fused-ring (bicyclic) bond motifs is 1. The summed E-state index contributed by atoms with van der Waals surface area (Å²) in [6, 6.07) is 10.9. The molecule has 0 amide bonds. The summed E-state index contributed by atoms with van der Waals surface area (Å²) in [4.78, 5) is 23.8. The quantitative estimate of drug-likeness (QED) is 0.463. The molecule has 0 bridgehead atoms. The van der Waals surface area contributed by atoms with Crippen molar-refractivity contribution in [2.75, 3.05) is 6.61 Å². The first kappa shape index (κ1) is 19.6. The third-order valence-corrected chi connectivity index (χ3v) is 4.41. The average Bonchev–Trinajstić information content (AvgIpc) is 2.64. The molecular formula is C22H21FO5. The van der Waals surface area contributed by atoms with Gasteiger partial charge in [0.15, 0.2) is 18.2 Å². The van der Waals surface area contributed by atoms with Crippen molar-refractivity contribution >= 4 is 16.9 Å². The number of rotatable bonds is 6. The SMILES string of the molecule is Cc1cc2oc(=O)cc(COC(=O)COc3ccccc3F)c2cc1C(C)C. The Morgan fingerprint density at radius 3 is 2.64 bits per heavy atom. The summed E-state index contributed by atoms with van der Waals surface area (Å²) in [5.74, 6) is -0.956. The van der Waals surface area contributed by atoms with Crippen LogP contribution in [0.15, 0.2) is 51.7 Å². The molecule has 0 saturated heterocycles. The van der Waals surface area contributed by atoms with Crippen LogP contribution in [0.3, 0.4) is 0 Å². The van der Waals surface area contributed by atoms with Crippen molar-refractivity contribution < 1.29 is 23.1 Å². The van der Waals surface area contributed by atoms with Gasteiger partial charge in [-0.3, -0.25) is 0 Å². The van der Waals surface area contributed by atoms with Crippen LogP contribution in [0.25, 0.3) is 11.0 Å². The van der Waals surface area contributed by atoms with Crippen molar-refractivity contribution in [2.45, 2.75) is 33.3 Å². The smallest absolute Gasteiger partial charge is 0.344 e. The molecule has 0 saturated carbocycles. The van der Waals surface area contributed by atoms with Crippen molar-refractivity contribution in [3.05, 3.63) is 75.4 Å². The van der Waals surface area contributed by atoms with Crippen LogP contribution in [-0.2, 0) is 16.1 Å². The van der Waals surface area contributed by atoms with Gasteiger partial charge >= 0.3 is 11.6 Å². The summed E-state index contributed by atoms with van der Waals surface area (Å²) in [7, 11) is 0. The van der Waals surface area contributed by atoms with Crippen LogP contribution in [0.2, 0.25) is 0 Å². The van der Waals surface area contributed by atoms with Crippen molar-refractivity contribution in [3.8, 4) is 5.75 Å². The summed E-state index contributed by atoms with van der Waals surface area (Å²) in [6.45, 7) is 5.57. The van der Waals surface area contributed by atoms with Crippen molar-refractivity contribution in [1.82, 2.24) is 0 Å². The van der Waals surface area contributed by atoms with E-state index < -0.39 is 24.0 Å². The van der Waals surface area contributed by atoms with Gasteiger partial charge in [-0.25, -0.2) is 14.0 Å². The highest BCUT2D eigenvalue weighted by Crippen LogP contribution is 2.27. The lowest BCUT2D eigenvalue weighted by Crippen LogP contribution is -2.16. The molecule has 0 atom stereocenters. The number of hydrogen-bond acceptors (Lipinski definition) is 5. The van der Waals surface area contributed by atoms with E-state index in [1.54, 1.807) is 6.07 Å². The number of halogens is 1.